The number of carbonyl (C=O) groups excluding carboxylic acids is 1. The Morgan fingerprint density at radius 1 is 1.30 bits per heavy atom. The van der Waals surface area contributed by atoms with Crippen LogP contribution >= 0.6 is 0 Å². The van der Waals surface area contributed by atoms with E-state index in [1.165, 1.54) is 25.4 Å². The Labute approximate surface area is 156 Å². The van der Waals surface area contributed by atoms with Crippen molar-refractivity contribution >= 4 is 11.7 Å². The molecule has 0 aliphatic carbocycles. The van der Waals surface area contributed by atoms with Gasteiger partial charge in [-0.15, -0.1) is 0 Å². The summed E-state index contributed by atoms with van der Waals surface area (Å²) in [5.74, 6) is -0.250. The first-order valence-corrected chi connectivity index (χ1v) is 8.71. The van der Waals surface area contributed by atoms with E-state index in [2.05, 4.69) is 10.3 Å². The summed E-state index contributed by atoms with van der Waals surface area (Å²) in [5.41, 5.74) is 0.836. The molecule has 0 spiro atoms. The predicted octanol–water partition coefficient (Wildman–Crippen LogP) is 2.79. The highest BCUT2D eigenvalue weighted by Crippen LogP contribution is 2.22. The molecule has 1 aromatic carbocycles. The van der Waals surface area contributed by atoms with Gasteiger partial charge >= 0.3 is 6.03 Å². The van der Waals surface area contributed by atoms with Gasteiger partial charge in [-0.2, -0.15) is 0 Å². The molecular weight excluding hydrogens is 354 g/mol. The lowest BCUT2D eigenvalue weighted by Gasteiger charge is -2.40. The normalized spacial score (nSPS) is 17.0. The summed E-state index contributed by atoms with van der Waals surface area (Å²) in [6.45, 7) is 3.41. The molecule has 0 bridgehead atoms. The molecule has 1 saturated heterocycles. The molecular formula is C19H22F2N4O2. The number of anilines is 1. The number of amides is 2. The predicted molar refractivity (Wildman–Crippen MR) is 97.8 cm³/mol. The van der Waals surface area contributed by atoms with Crippen LogP contribution in [0.15, 0.2) is 36.7 Å². The maximum absolute atomic E-state index is 13.9. The molecule has 1 aromatic heterocycles. The number of benzene rings is 1. The van der Waals surface area contributed by atoms with Crippen molar-refractivity contribution in [3.63, 3.8) is 0 Å². The second-order valence-electron chi connectivity index (χ2n) is 6.43. The second-order valence-corrected chi connectivity index (χ2v) is 6.43. The number of nitrogens with zero attached hydrogens (tertiary/aromatic N) is 3. The molecule has 27 heavy (non-hydrogen) atoms. The summed E-state index contributed by atoms with van der Waals surface area (Å²) < 4.78 is 32.9. The molecule has 1 aliphatic rings. The van der Waals surface area contributed by atoms with Crippen LogP contribution in [0.5, 0.6) is 5.75 Å². The van der Waals surface area contributed by atoms with Crippen molar-refractivity contribution in [2.75, 3.05) is 31.6 Å². The lowest BCUT2D eigenvalue weighted by Crippen LogP contribution is -2.56. The highest BCUT2D eigenvalue weighted by molar-refractivity contribution is 5.75. The number of hydrogen-bond acceptors (Lipinski definition) is 4. The molecule has 6 nitrogen and oxygen atoms in total. The Balaban J connectivity index is 1.59. The van der Waals surface area contributed by atoms with E-state index in [1.54, 1.807) is 23.2 Å². The fraction of sp³-hybridized carbons (Fsp3) is 0.368. The van der Waals surface area contributed by atoms with Crippen LogP contribution in [0.3, 0.4) is 0 Å². The van der Waals surface area contributed by atoms with Crippen LogP contribution in [0.2, 0.25) is 0 Å². The Bertz CT molecular complexity index is 818. The largest absolute Gasteiger partial charge is 0.497 e. The van der Waals surface area contributed by atoms with Crippen LogP contribution in [0.1, 0.15) is 12.5 Å². The monoisotopic (exact) mass is 376 g/mol. The van der Waals surface area contributed by atoms with E-state index >= 15 is 0 Å². The quantitative estimate of drug-likeness (QED) is 0.892. The van der Waals surface area contributed by atoms with Crippen LogP contribution in [0, 0.1) is 11.6 Å². The van der Waals surface area contributed by atoms with E-state index in [1.807, 2.05) is 11.8 Å². The zero-order chi connectivity index (χ0) is 19.4. The van der Waals surface area contributed by atoms with Crippen LogP contribution in [0.25, 0.3) is 0 Å². The molecule has 144 valence electrons. The van der Waals surface area contributed by atoms with Crippen LogP contribution in [-0.2, 0) is 6.54 Å². The molecule has 2 heterocycles. The standard InChI is InChI=1S/C19H22F2N4O2/c1-13-12-24(18-5-6-22-11-17(18)21)7-8-25(13)19(26)23-10-14-9-15(27-2)3-4-16(14)20/h3-6,9,11,13H,7-8,10,12H2,1-2H3,(H,23,26). The summed E-state index contributed by atoms with van der Waals surface area (Å²) in [4.78, 5) is 19.8. The summed E-state index contributed by atoms with van der Waals surface area (Å²) in [7, 11) is 1.50. The Morgan fingerprint density at radius 2 is 2.11 bits per heavy atom. The number of piperazine rings is 1. The number of halogens is 2. The van der Waals surface area contributed by atoms with Crippen molar-refractivity contribution in [3.8, 4) is 5.75 Å². The van der Waals surface area contributed by atoms with Gasteiger partial charge in [-0.1, -0.05) is 0 Å². The molecule has 1 fully saturated rings. The van der Waals surface area contributed by atoms with Crippen molar-refractivity contribution in [2.45, 2.75) is 19.5 Å². The Hall–Kier alpha value is -2.90. The molecule has 2 aromatic rings. The number of urea groups is 1. The van der Waals surface area contributed by atoms with E-state index < -0.39 is 5.82 Å². The van der Waals surface area contributed by atoms with Gasteiger partial charge in [0.2, 0.25) is 0 Å². The van der Waals surface area contributed by atoms with Gasteiger partial charge in [0.15, 0.2) is 5.82 Å². The molecule has 1 atom stereocenters. The maximum atomic E-state index is 13.9. The molecule has 1 aliphatic heterocycles. The lowest BCUT2D eigenvalue weighted by atomic mass is 10.1. The molecule has 0 radical (unpaired) electrons. The number of rotatable bonds is 4. The third-order valence-corrected chi connectivity index (χ3v) is 4.66. The van der Waals surface area contributed by atoms with Crippen LogP contribution in [0.4, 0.5) is 19.3 Å². The number of pyridine rings is 1. The Kier molecular flexibility index (Phi) is 5.73. The topological polar surface area (TPSA) is 57.7 Å². The van der Waals surface area contributed by atoms with Crippen molar-refractivity contribution in [2.24, 2.45) is 0 Å². The zero-order valence-electron chi connectivity index (χ0n) is 15.3. The van der Waals surface area contributed by atoms with Crippen molar-refractivity contribution in [1.29, 1.82) is 0 Å². The average molecular weight is 376 g/mol. The van der Waals surface area contributed by atoms with Crippen LogP contribution in [-0.4, -0.2) is 48.7 Å². The number of hydrogen-bond donors (Lipinski definition) is 1. The van der Waals surface area contributed by atoms with E-state index in [0.29, 0.717) is 36.6 Å². The van der Waals surface area contributed by atoms with Crippen molar-refractivity contribution < 1.29 is 18.3 Å². The molecule has 8 heteroatoms. The number of nitrogens with one attached hydrogen (secondary N) is 1. The SMILES string of the molecule is COc1ccc(F)c(CNC(=O)N2CCN(c3ccncc3F)CC2C)c1. The number of methoxy groups -OCH3 is 1. The summed E-state index contributed by atoms with van der Waals surface area (Å²) >= 11 is 0. The molecule has 1 N–H and O–H groups in total. The third kappa shape index (κ3) is 4.27. The summed E-state index contributed by atoms with van der Waals surface area (Å²) in [6.07, 6.45) is 2.73. The fourth-order valence-electron chi connectivity index (χ4n) is 3.19. The first-order valence-electron chi connectivity index (χ1n) is 8.71. The van der Waals surface area contributed by atoms with Gasteiger partial charge in [-0.05, 0) is 31.2 Å². The van der Waals surface area contributed by atoms with E-state index in [4.69, 9.17) is 4.74 Å². The minimum atomic E-state index is -0.401. The van der Waals surface area contributed by atoms with Gasteiger partial charge in [0.1, 0.15) is 11.6 Å². The van der Waals surface area contributed by atoms with Crippen LogP contribution < -0.4 is 15.0 Å². The fourth-order valence-corrected chi connectivity index (χ4v) is 3.19. The highest BCUT2D eigenvalue weighted by atomic mass is 19.1. The number of carbonyl (C=O) groups is 1. The zero-order valence-corrected chi connectivity index (χ0v) is 15.3. The number of aromatic nitrogens is 1. The highest BCUT2D eigenvalue weighted by Gasteiger charge is 2.28. The first-order chi connectivity index (χ1) is 13.0. The summed E-state index contributed by atoms with van der Waals surface area (Å²) in [6, 6.07) is 5.62. The van der Waals surface area contributed by atoms with E-state index in [-0.39, 0.29) is 24.4 Å². The lowest BCUT2D eigenvalue weighted by molar-refractivity contribution is 0.171. The summed E-state index contributed by atoms with van der Waals surface area (Å²) in [5, 5.41) is 2.75. The minimum absolute atomic E-state index is 0.0633. The van der Waals surface area contributed by atoms with E-state index in [0.717, 1.165) is 0 Å². The maximum Gasteiger partial charge on any atom is 0.318 e. The third-order valence-electron chi connectivity index (χ3n) is 4.66. The minimum Gasteiger partial charge on any atom is -0.497 e. The second kappa shape index (κ2) is 8.20. The molecule has 0 saturated carbocycles. The van der Waals surface area contributed by atoms with Crippen molar-refractivity contribution in [1.82, 2.24) is 15.2 Å². The molecule has 1 unspecified atom stereocenters. The first kappa shape index (κ1) is 18.9. The van der Waals surface area contributed by atoms with Gasteiger partial charge in [0.05, 0.1) is 19.0 Å². The van der Waals surface area contributed by atoms with Gasteiger partial charge in [-0.3, -0.25) is 4.98 Å². The average Bonchev–Trinajstić information content (AvgIpc) is 2.67. The molecule has 2 amide bonds. The van der Waals surface area contributed by atoms with Gasteiger partial charge in [0.25, 0.3) is 0 Å². The number of ether oxygens (including phenoxy) is 1. The van der Waals surface area contributed by atoms with Gasteiger partial charge < -0.3 is 19.9 Å². The Morgan fingerprint density at radius 3 is 2.81 bits per heavy atom. The van der Waals surface area contributed by atoms with Gasteiger partial charge in [0, 0.05) is 44.0 Å². The van der Waals surface area contributed by atoms with E-state index in [9.17, 15) is 13.6 Å². The van der Waals surface area contributed by atoms with Crippen molar-refractivity contribution in [3.05, 3.63) is 53.9 Å². The van der Waals surface area contributed by atoms with Gasteiger partial charge in [-0.25, -0.2) is 13.6 Å². The molecule has 3 rings (SSSR count). The smallest absolute Gasteiger partial charge is 0.318 e.